The Kier molecular flexibility index (Phi) is 6.23. The number of hydrogen-bond donors (Lipinski definition) is 2. The molecule has 0 aromatic rings. The van der Waals surface area contributed by atoms with Gasteiger partial charge in [0.2, 0.25) is 5.91 Å². The summed E-state index contributed by atoms with van der Waals surface area (Å²) in [5.74, 6) is -0.369. The van der Waals surface area contributed by atoms with Gasteiger partial charge in [0.1, 0.15) is 0 Å². The van der Waals surface area contributed by atoms with Crippen molar-refractivity contribution in [3.63, 3.8) is 0 Å². The van der Waals surface area contributed by atoms with Crippen molar-refractivity contribution in [3.8, 4) is 0 Å². The average Bonchev–Trinajstić information content (AvgIpc) is 2.78. The molecule has 5 nitrogen and oxygen atoms in total. The predicted molar refractivity (Wildman–Crippen MR) is 76.7 cm³/mol. The number of carbonyl (C=O) groups excluding carboxylic acids is 1. The van der Waals surface area contributed by atoms with E-state index in [1.807, 2.05) is 0 Å². The Morgan fingerprint density at radius 2 is 2.11 bits per heavy atom. The van der Waals surface area contributed by atoms with E-state index < -0.39 is 5.54 Å². The van der Waals surface area contributed by atoms with Crippen LogP contribution in [0.4, 0.5) is 0 Å². The van der Waals surface area contributed by atoms with E-state index >= 15 is 0 Å². The monoisotopic (exact) mass is 271 g/mol. The number of rotatable bonds is 8. The van der Waals surface area contributed by atoms with Gasteiger partial charge in [0.15, 0.2) is 0 Å². The van der Waals surface area contributed by atoms with Gasteiger partial charge in [0.25, 0.3) is 0 Å². The first-order valence-electron chi connectivity index (χ1n) is 7.32. The maximum atomic E-state index is 11.5. The van der Waals surface area contributed by atoms with Gasteiger partial charge in [-0.05, 0) is 32.1 Å². The molecule has 112 valence electrons. The van der Waals surface area contributed by atoms with E-state index in [4.69, 9.17) is 16.2 Å². The quantitative estimate of drug-likeness (QED) is 0.686. The van der Waals surface area contributed by atoms with Crippen LogP contribution in [0, 0.1) is 0 Å². The molecule has 0 heterocycles. The highest BCUT2D eigenvalue weighted by atomic mass is 16.5. The summed E-state index contributed by atoms with van der Waals surface area (Å²) in [6.07, 6.45) is 4.51. The lowest BCUT2D eigenvalue weighted by molar-refractivity contribution is -0.123. The number of carbonyl (C=O) groups is 1. The topological polar surface area (TPSA) is 81.6 Å². The molecule has 1 aliphatic rings. The normalized spacial score (nSPS) is 27.4. The third kappa shape index (κ3) is 3.91. The summed E-state index contributed by atoms with van der Waals surface area (Å²) in [5, 5.41) is 0. The van der Waals surface area contributed by atoms with Gasteiger partial charge in [-0.3, -0.25) is 9.69 Å². The lowest BCUT2D eigenvalue weighted by atomic mass is 9.97. The van der Waals surface area contributed by atoms with E-state index in [9.17, 15) is 4.79 Å². The van der Waals surface area contributed by atoms with Gasteiger partial charge in [0.05, 0.1) is 12.1 Å². The van der Waals surface area contributed by atoms with Gasteiger partial charge in [-0.15, -0.1) is 0 Å². The Morgan fingerprint density at radius 3 is 2.53 bits per heavy atom. The smallest absolute Gasteiger partial charge is 0.237 e. The van der Waals surface area contributed by atoms with Crippen LogP contribution in [0.25, 0.3) is 0 Å². The van der Waals surface area contributed by atoms with Gasteiger partial charge in [-0.2, -0.15) is 0 Å². The summed E-state index contributed by atoms with van der Waals surface area (Å²) in [4.78, 5) is 13.9. The van der Waals surface area contributed by atoms with Crippen LogP contribution in [0.5, 0.6) is 0 Å². The Morgan fingerprint density at radius 1 is 1.47 bits per heavy atom. The van der Waals surface area contributed by atoms with Crippen molar-refractivity contribution in [1.82, 2.24) is 4.90 Å². The lowest BCUT2D eigenvalue weighted by Gasteiger charge is -2.36. The van der Waals surface area contributed by atoms with Crippen LogP contribution < -0.4 is 11.5 Å². The minimum absolute atomic E-state index is 0.345. The molecule has 0 aliphatic heterocycles. The number of nitrogens with zero attached hydrogens (tertiary/aromatic N) is 1. The van der Waals surface area contributed by atoms with Crippen LogP contribution in [-0.4, -0.2) is 48.7 Å². The number of primary amides is 1. The van der Waals surface area contributed by atoms with Crippen molar-refractivity contribution < 1.29 is 9.53 Å². The largest absolute Gasteiger partial charge is 0.383 e. The van der Waals surface area contributed by atoms with Gasteiger partial charge in [-0.1, -0.05) is 13.8 Å². The van der Waals surface area contributed by atoms with Crippen molar-refractivity contribution in [3.05, 3.63) is 0 Å². The molecule has 1 amide bonds. The average molecular weight is 271 g/mol. The fourth-order valence-electron chi connectivity index (χ4n) is 3.17. The first kappa shape index (κ1) is 16.4. The molecule has 5 heteroatoms. The molecule has 2 atom stereocenters. The summed E-state index contributed by atoms with van der Waals surface area (Å²) >= 11 is 0. The van der Waals surface area contributed by atoms with Crippen LogP contribution in [0.3, 0.4) is 0 Å². The molecule has 4 N–H and O–H groups in total. The molecule has 19 heavy (non-hydrogen) atoms. The van der Waals surface area contributed by atoms with Gasteiger partial charge in [-0.25, -0.2) is 0 Å². The van der Waals surface area contributed by atoms with Crippen LogP contribution in [-0.2, 0) is 9.53 Å². The van der Waals surface area contributed by atoms with Crippen molar-refractivity contribution in [2.75, 3.05) is 20.3 Å². The highest BCUT2D eigenvalue weighted by Crippen LogP contribution is 2.32. The molecular formula is C14H29N3O2. The first-order chi connectivity index (χ1) is 8.98. The highest BCUT2D eigenvalue weighted by molar-refractivity contribution is 5.84. The van der Waals surface area contributed by atoms with Crippen LogP contribution in [0.15, 0.2) is 0 Å². The van der Waals surface area contributed by atoms with Crippen molar-refractivity contribution >= 4 is 5.91 Å². The summed E-state index contributed by atoms with van der Waals surface area (Å²) in [6, 6.07) is 0.868. The Labute approximate surface area is 116 Å². The number of hydrogen-bond acceptors (Lipinski definition) is 4. The Bertz CT molecular complexity index is 294. The highest BCUT2D eigenvalue weighted by Gasteiger charge is 2.43. The van der Waals surface area contributed by atoms with E-state index in [0.717, 1.165) is 25.8 Å². The summed E-state index contributed by atoms with van der Waals surface area (Å²) in [5.41, 5.74) is 10.7. The standard InChI is InChI=1S/C14H29N3O2/c1-4-11(5-2)17(8-9-19-3)12-6-7-14(16,10-12)13(15)18/h11-12H,4-10,16H2,1-3H3,(H2,15,18). The molecule has 0 radical (unpaired) electrons. The second kappa shape index (κ2) is 7.22. The molecule has 0 aromatic carbocycles. The van der Waals surface area contributed by atoms with Gasteiger partial charge < -0.3 is 16.2 Å². The van der Waals surface area contributed by atoms with Gasteiger partial charge >= 0.3 is 0 Å². The minimum atomic E-state index is -0.817. The van der Waals surface area contributed by atoms with E-state index in [2.05, 4.69) is 18.7 Å². The van der Waals surface area contributed by atoms with Gasteiger partial charge in [0, 0.05) is 25.7 Å². The molecule has 2 unspecified atom stereocenters. The van der Waals surface area contributed by atoms with E-state index in [1.54, 1.807) is 7.11 Å². The maximum absolute atomic E-state index is 11.5. The Balaban J connectivity index is 2.73. The van der Waals surface area contributed by atoms with Crippen LogP contribution in [0.1, 0.15) is 46.0 Å². The van der Waals surface area contributed by atoms with Crippen molar-refractivity contribution in [2.45, 2.75) is 63.6 Å². The van der Waals surface area contributed by atoms with E-state index in [1.165, 1.54) is 0 Å². The molecule has 0 aromatic heterocycles. The SMILES string of the molecule is CCC(CC)N(CCOC)C1CCC(N)(C(N)=O)C1. The van der Waals surface area contributed by atoms with Crippen LogP contribution in [0.2, 0.25) is 0 Å². The summed E-state index contributed by atoms with van der Waals surface area (Å²) in [7, 11) is 1.72. The molecule has 1 rings (SSSR count). The zero-order chi connectivity index (χ0) is 14.5. The number of nitrogens with two attached hydrogens (primary N) is 2. The van der Waals surface area contributed by atoms with E-state index in [0.29, 0.717) is 31.5 Å². The number of methoxy groups -OCH3 is 1. The Hall–Kier alpha value is -0.650. The number of ether oxygens (including phenoxy) is 1. The zero-order valence-electron chi connectivity index (χ0n) is 12.5. The minimum Gasteiger partial charge on any atom is -0.383 e. The molecule has 1 aliphatic carbocycles. The van der Waals surface area contributed by atoms with Crippen LogP contribution >= 0.6 is 0 Å². The summed E-state index contributed by atoms with van der Waals surface area (Å²) in [6.45, 7) is 6.00. The summed E-state index contributed by atoms with van der Waals surface area (Å²) < 4.78 is 5.21. The second-order valence-electron chi connectivity index (χ2n) is 5.62. The number of amides is 1. The maximum Gasteiger partial charge on any atom is 0.237 e. The second-order valence-corrected chi connectivity index (χ2v) is 5.62. The third-order valence-corrected chi connectivity index (χ3v) is 4.45. The molecule has 0 bridgehead atoms. The van der Waals surface area contributed by atoms with E-state index in [-0.39, 0.29) is 5.91 Å². The fraction of sp³-hybridized carbons (Fsp3) is 0.929. The zero-order valence-corrected chi connectivity index (χ0v) is 12.5. The molecule has 1 fully saturated rings. The third-order valence-electron chi connectivity index (χ3n) is 4.45. The fourth-order valence-corrected chi connectivity index (χ4v) is 3.17. The molecule has 0 saturated heterocycles. The van der Waals surface area contributed by atoms with Crippen molar-refractivity contribution in [1.29, 1.82) is 0 Å². The predicted octanol–water partition coefficient (Wildman–Crippen LogP) is 0.859. The molecular weight excluding hydrogens is 242 g/mol. The molecule has 1 saturated carbocycles. The lowest BCUT2D eigenvalue weighted by Crippen LogP contribution is -2.52. The molecule has 0 spiro atoms. The first-order valence-corrected chi connectivity index (χ1v) is 7.32. The van der Waals surface area contributed by atoms with Crippen molar-refractivity contribution in [2.24, 2.45) is 11.5 Å².